The Morgan fingerprint density at radius 2 is 1.94 bits per heavy atom. The molecule has 5 heteroatoms. The Labute approximate surface area is 108 Å². The Morgan fingerprint density at radius 1 is 1.28 bits per heavy atom. The van der Waals surface area contributed by atoms with E-state index in [0.29, 0.717) is 11.9 Å². The van der Waals surface area contributed by atoms with Gasteiger partial charge < -0.3 is 15.4 Å². The Hall–Kier alpha value is -1.52. The molecule has 18 heavy (non-hydrogen) atoms. The van der Waals surface area contributed by atoms with Crippen LogP contribution in [0.3, 0.4) is 0 Å². The molecule has 0 aliphatic heterocycles. The molecule has 100 valence electrons. The molecule has 1 aliphatic rings. The smallest absolute Gasteiger partial charge is 0.225 e. The maximum atomic E-state index is 5.70. The Morgan fingerprint density at radius 3 is 2.56 bits per heavy atom. The topological polar surface area (TPSA) is 64.3 Å². The van der Waals surface area contributed by atoms with Crippen molar-refractivity contribution in [1.29, 1.82) is 0 Å². The molecule has 0 amide bonds. The van der Waals surface area contributed by atoms with Crippen molar-refractivity contribution in [2.75, 3.05) is 24.8 Å². The quantitative estimate of drug-likeness (QED) is 0.889. The van der Waals surface area contributed by atoms with E-state index in [-0.39, 0.29) is 5.95 Å². The molecule has 2 N–H and O–H groups in total. The summed E-state index contributed by atoms with van der Waals surface area (Å²) in [6.07, 6.45) is 4.99. The van der Waals surface area contributed by atoms with Gasteiger partial charge in [-0.25, -0.2) is 0 Å². The minimum Gasteiger partial charge on any atom is -0.481 e. The lowest BCUT2D eigenvalue weighted by molar-refractivity contribution is 0.339. The molecule has 1 aromatic heterocycles. The van der Waals surface area contributed by atoms with E-state index in [1.54, 1.807) is 7.11 Å². The van der Waals surface area contributed by atoms with Crippen molar-refractivity contribution >= 4 is 11.8 Å². The fourth-order valence-corrected chi connectivity index (χ4v) is 2.53. The number of rotatable bonds is 3. The number of methoxy groups -OCH3 is 1. The third kappa shape index (κ3) is 2.83. The van der Waals surface area contributed by atoms with E-state index < -0.39 is 0 Å². The third-order valence-electron chi connectivity index (χ3n) is 3.81. The second kappa shape index (κ2) is 5.42. The summed E-state index contributed by atoms with van der Waals surface area (Å²) in [4.78, 5) is 10.5. The van der Waals surface area contributed by atoms with E-state index >= 15 is 0 Å². The SMILES string of the molecule is COc1cc(N(C)C2CCC(C)CC2)nc(N)n1. The lowest BCUT2D eigenvalue weighted by Gasteiger charge is -2.34. The fraction of sp³-hybridized carbons (Fsp3) is 0.692. The molecule has 1 aromatic rings. The van der Waals surface area contributed by atoms with E-state index in [9.17, 15) is 0 Å². The van der Waals surface area contributed by atoms with Crippen molar-refractivity contribution in [3.63, 3.8) is 0 Å². The summed E-state index contributed by atoms with van der Waals surface area (Å²) in [5, 5.41) is 0. The summed E-state index contributed by atoms with van der Waals surface area (Å²) >= 11 is 0. The minimum absolute atomic E-state index is 0.264. The number of nitrogen functional groups attached to an aromatic ring is 1. The van der Waals surface area contributed by atoms with Gasteiger partial charge in [-0.1, -0.05) is 6.92 Å². The molecule has 1 fully saturated rings. The molecule has 0 bridgehead atoms. The van der Waals surface area contributed by atoms with Crippen LogP contribution in [0.25, 0.3) is 0 Å². The highest BCUT2D eigenvalue weighted by atomic mass is 16.5. The van der Waals surface area contributed by atoms with Gasteiger partial charge in [0.05, 0.1) is 7.11 Å². The van der Waals surface area contributed by atoms with Gasteiger partial charge in [-0.05, 0) is 31.6 Å². The van der Waals surface area contributed by atoms with Crippen molar-refractivity contribution in [3.05, 3.63) is 6.07 Å². The summed E-state index contributed by atoms with van der Waals surface area (Å²) in [6.45, 7) is 2.32. The summed E-state index contributed by atoms with van der Waals surface area (Å²) < 4.78 is 5.13. The zero-order valence-electron chi connectivity index (χ0n) is 11.4. The molecule has 1 heterocycles. The zero-order valence-corrected chi connectivity index (χ0v) is 11.4. The van der Waals surface area contributed by atoms with Gasteiger partial charge in [-0.2, -0.15) is 9.97 Å². The van der Waals surface area contributed by atoms with Crippen molar-refractivity contribution < 1.29 is 4.74 Å². The van der Waals surface area contributed by atoms with E-state index in [2.05, 4.69) is 28.8 Å². The lowest BCUT2D eigenvalue weighted by atomic mass is 9.87. The molecule has 0 atom stereocenters. The largest absolute Gasteiger partial charge is 0.481 e. The number of ether oxygens (including phenoxy) is 1. The maximum absolute atomic E-state index is 5.70. The first-order valence-electron chi connectivity index (χ1n) is 6.51. The second-order valence-corrected chi connectivity index (χ2v) is 5.15. The number of nitrogens with zero attached hydrogens (tertiary/aromatic N) is 3. The molecule has 0 saturated heterocycles. The van der Waals surface area contributed by atoms with Crippen LogP contribution in [0.1, 0.15) is 32.6 Å². The van der Waals surface area contributed by atoms with Crippen LogP contribution in [-0.4, -0.2) is 30.2 Å². The number of anilines is 2. The van der Waals surface area contributed by atoms with Gasteiger partial charge in [0.1, 0.15) is 5.82 Å². The molecule has 0 unspecified atom stereocenters. The number of nitrogens with two attached hydrogens (primary N) is 1. The molecule has 1 aliphatic carbocycles. The van der Waals surface area contributed by atoms with E-state index in [1.807, 2.05) is 6.07 Å². The summed E-state index contributed by atoms with van der Waals surface area (Å²) in [5.41, 5.74) is 5.70. The molecular formula is C13H22N4O. The summed E-state index contributed by atoms with van der Waals surface area (Å²) in [5.74, 6) is 2.48. The lowest BCUT2D eigenvalue weighted by Crippen LogP contribution is -2.35. The zero-order chi connectivity index (χ0) is 13.1. The maximum Gasteiger partial charge on any atom is 0.225 e. The van der Waals surface area contributed by atoms with Gasteiger partial charge in [0.15, 0.2) is 0 Å². The number of aromatic nitrogens is 2. The first-order chi connectivity index (χ1) is 8.60. The summed E-state index contributed by atoms with van der Waals surface area (Å²) in [6, 6.07) is 2.38. The molecule has 0 aromatic carbocycles. The number of hydrogen-bond acceptors (Lipinski definition) is 5. The normalized spacial score (nSPS) is 23.7. The predicted molar refractivity (Wildman–Crippen MR) is 72.8 cm³/mol. The fourth-order valence-electron chi connectivity index (χ4n) is 2.53. The van der Waals surface area contributed by atoms with Crippen LogP contribution in [-0.2, 0) is 0 Å². The molecule has 5 nitrogen and oxygen atoms in total. The highest BCUT2D eigenvalue weighted by Gasteiger charge is 2.23. The molecular weight excluding hydrogens is 228 g/mol. The highest BCUT2D eigenvalue weighted by Crippen LogP contribution is 2.29. The van der Waals surface area contributed by atoms with Gasteiger partial charge in [0.2, 0.25) is 11.8 Å². The first-order valence-corrected chi connectivity index (χ1v) is 6.51. The van der Waals surface area contributed by atoms with Gasteiger partial charge >= 0.3 is 0 Å². The van der Waals surface area contributed by atoms with Crippen LogP contribution in [0.15, 0.2) is 6.07 Å². The second-order valence-electron chi connectivity index (χ2n) is 5.15. The number of hydrogen-bond donors (Lipinski definition) is 1. The van der Waals surface area contributed by atoms with E-state index in [4.69, 9.17) is 10.5 Å². The Balaban J connectivity index is 2.12. The minimum atomic E-state index is 0.264. The standard InChI is InChI=1S/C13H22N4O/c1-9-4-6-10(7-5-9)17(2)11-8-12(18-3)16-13(14)15-11/h8-10H,4-7H2,1-3H3,(H2,14,15,16). The average molecular weight is 250 g/mol. The van der Waals surface area contributed by atoms with Crippen LogP contribution in [0, 0.1) is 5.92 Å². The van der Waals surface area contributed by atoms with Gasteiger partial charge in [0, 0.05) is 19.2 Å². The average Bonchev–Trinajstić information content (AvgIpc) is 2.38. The van der Waals surface area contributed by atoms with E-state index in [1.165, 1.54) is 25.7 Å². The third-order valence-corrected chi connectivity index (χ3v) is 3.81. The molecule has 0 radical (unpaired) electrons. The van der Waals surface area contributed by atoms with Crippen LogP contribution in [0.5, 0.6) is 5.88 Å². The van der Waals surface area contributed by atoms with Crippen LogP contribution in [0.2, 0.25) is 0 Å². The Kier molecular flexibility index (Phi) is 3.89. The Bertz CT molecular complexity index is 402. The van der Waals surface area contributed by atoms with Crippen LogP contribution >= 0.6 is 0 Å². The molecule has 2 rings (SSSR count). The van der Waals surface area contributed by atoms with E-state index in [0.717, 1.165) is 11.7 Å². The van der Waals surface area contributed by atoms with Gasteiger partial charge in [-0.3, -0.25) is 0 Å². The van der Waals surface area contributed by atoms with Crippen LogP contribution < -0.4 is 15.4 Å². The van der Waals surface area contributed by atoms with Crippen molar-refractivity contribution in [3.8, 4) is 5.88 Å². The van der Waals surface area contributed by atoms with Gasteiger partial charge in [0.25, 0.3) is 0 Å². The molecule has 0 spiro atoms. The summed E-state index contributed by atoms with van der Waals surface area (Å²) in [7, 11) is 3.66. The van der Waals surface area contributed by atoms with Gasteiger partial charge in [-0.15, -0.1) is 0 Å². The van der Waals surface area contributed by atoms with Crippen molar-refractivity contribution in [1.82, 2.24) is 9.97 Å². The van der Waals surface area contributed by atoms with Crippen molar-refractivity contribution in [2.45, 2.75) is 38.6 Å². The highest BCUT2D eigenvalue weighted by molar-refractivity contribution is 5.45. The first kappa shape index (κ1) is 12.9. The predicted octanol–water partition coefficient (Wildman–Crippen LogP) is 2.08. The van der Waals surface area contributed by atoms with Crippen molar-refractivity contribution in [2.24, 2.45) is 5.92 Å². The van der Waals surface area contributed by atoms with Crippen LogP contribution in [0.4, 0.5) is 11.8 Å². The molecule has 1 saturated carbocycles. The monoisotopic (exact) mass is 250 g/mol.